The van der Waals surface area contributed by atoms with Crippen LogP contribution in [0.3, 0.4) is 0 Å². The molecule has 1 N–H and O–H groups in total. The minimum absolute atomic E-state index is 0.228. The van der Waals surface area contributed by atoms with Crippen LogP contribution in [-0.2, 0) is 4.74 Å². The van der Waals surface area contributed by atoms with Crippen molar-refractivity contribution in [1.82, 2.24) is 14.8 Å². The van der Waals surface area contributed by atoms with Crippen LogP contribution in [0.2, 0.25) is 5.02 Å². The number of hydrogen-bond acceptors (Lipinski definition) is 4. The van der Waals surface area contributed by atoms with Crippen LogP contribution < -0.4 is 5.32 Å². The minimum atomic E-state index is 0.228. The fourth-order valence-electron chi connectivity index (χ4n) is 1.87. The summed E-state index contributed by atoms with van der Waals surface area (Å²) in [6, 6.07) is 5.94. The molecule has 2 aromatic rings. The number of hydrogen-bond donors (Lipinski definition) is 1. The molecule has 1 atom stereocenters. The van der Waals surface area contributed by atoms with Crippen LogP contribution in [0.5, 0.6) is 0 Å². The van der Waals surface area contributed by atoms with Gasteiger partial charge in [0, 0.05) is 13.2 Å². The van der Waals surface area contributed by atoms with Crippen molar-refractivity contribution in [3.63, 3.8) is 0 Å². The first kappa shape index (κ1) is 13.8. The molecule has 5 nitrogen and oxygen atoms in total. The molecule has 0 saturated heterocycles. The number of benzene rings is 1. The van der Waals surface area contributed by atoms with Gasteiger partial charge in [-0.15, -0.1) is 0 Å². The Morgan fingerprint density at radius 2 is 2.32 bits per heavy atom. The SMILES string of the molecule is CCC(COC)Nc1cccc(Cl)c1-n1cncn1. The van der Waals surface area contributed by atoms with Crippen molar-refractivity contribution in [2.75, 3.05) is 19.0 Å². The summed E-state index contributed by atoms with van der Waals surface area (Å²) in [4.78, 5) is 3.96. The molecule has 1 aromatic heterocycles. The number of aromatic nitrogens is 3. The van der Waals surface area contributed by atoms with Gasteiger partial charge in [-0.25, -0.2) is 9.67 Å². The first-order valence-corrected chi connectivity index (χ1v) is 6.53. The Kier molecular flexibility index (Phi) is 4.76. The summed E-state index contributed by atoms with van der Waals surface area (Å²) >= 11 is 6.26. The van der Waals surface area contributed by atoms with Crippen LogP contribution in [-0.4, -0.2) is 34.5 Å². The number of halogens is 1. The van der Waals surface area contributed by atoms with Gasteiger partial charge in [0.05, 0.1) is 17.3 Å². The van der Waals surface area contributed by atoms with E-state index in [2.05, 4.69) is 22.3 Å². The Morgan fingerprint density at radius 3 is 2.95 bits per heavy atom. The van der Waals surface area contributed by atoms with E-state index in [4.69, 9.17) is 16.3 Å². The molecule has 0 bridgehead atoms. The lowest BCUT2D eigenvalue weighted by molar-refractivity contribution is 0.184. The molecular weight excluding hydrogens is 264 g/mol. The molecule has 6 heteroatoms. The third kappa shape index (κ3) is 3.24. The zero-order valence-corrected chi connectivity index (χ0v) is 11.8. The van der Waals surface area contributed by atoms with Gasteiger partial charge in [0.25, 0.3) is 0 Å². The lowest BCUT2D eigenvalue weighted by Crippen LogP contribution is -2.24. The zero-order valence-electron chi connectivity index (χ0n) is 11.0. The van der Waals surface area contributed by atoms with Crippen molar-refractivity contribution < 1.29 is 4.74 Å². The van der Waals surface area contributed by atoms with Gasteiger partial charge in [0.1, 0.15) is 18.3 Å². The van der Waals surface area contributed by atoms with Gasteiger partial charge in [-0.05, 0) is 18.6 Å². The molecule has 0 amide bonds. The van der Waals surface area contributed by atoms with Gasteiger partial charge in [-0.1, -0.05) is 24.6 Å². The van der Waals surface area contributed by atoms with Crippen molar-refractivity contribution in [1.29, 1.82) is 0 Å². The van der Waals surface area contributed by atoms with Crippen molar-refractivity contribution in [3.05, 3.63) is 35.9 Å². The van der Waals surface area contributed by atoms with Crippen LogP contribution in [0.1, 0.15) is 13.3 Å². The van der Waals surface area contributed by atoms with Gasteiger partial charge < -0.3 is 10.1 Å². The van der Waals surface area contributed by atoms with Gasteiger partial charge in [-0.3, -0.25) is 0 Å². The number of nitrogens with zero attached hydrogens (tertiary/aromatic N) is 3. The van der Waals surface area contributed by atoms with E-state index in [9.17, 15) is 0 Å². The fraction of sp³-hybridized carbons (Fsp3) is 0.385. The number of methoxy groups -OCH3 is 1. The number of para-hydroxylation sites is 1. The molecule has 1 aromatic carbocycles. The molecule has 19 heavy (non-hydrogen) atoms. The number of nitrogens with one attached hydrogen (secondary N) is 1. The number of rotatable bonds is 6. The highest BCUT2D eigenvalue weighted by molar-refractivity contribution is 6.33. The molecule has 0 radical (unpaired) electrons. The van der Waals surface area contributed by atoms with Crippen LogP contribution in [0.4, 0.5) is 5.69 Å². The monoisotopic (exact) mass is 280 g/mol. The normalized spacial score (nSPS) is 12.4. The maximum Gasteiger partial charge on any atom is 0.138 e. The third-order valence-corrected chi connectivity index (χ3v) is 3.16. The molecular formula is C13H17ClN4O. The molecule has 2 rings (SSSR count). The van der Waals surface area contributed by atoms with Crippen LogP contribution in [0.25, 0.3) is 5.69 Å². The Balaban J connectivity index is 2.32. The zero-order chi connectivity index (χ0) is 13.7. The number of anilines is 1. The molecule has 0 saturated carbocycles. The van der Waals surface area contributed by atoms with Crippen molar-refractivity contribution >= 4 is 17.3 Å². The van der Waals surface area contributed by atoms with E-state index in [0.29, 0.717) is 11.6 Å². The van der Waals surface area contributed by atoms with Crippen molar-refractivity contribution in [2.45, 2.75) is 19.4 Å². The second kappa shape index (κ2) is 6.54. The molecule has 0 spiro atoms. The maximum absolute atomic E-state index is 6.26. The van der Waals surface area contributed by atoms with E-state index >= 15 is 0 Å². The summed E-state index contributed by atoms with van der Waals surface area (Å²) in [5.41, 5.74) is 1.72. The molecule has 0 aliphatic rings. The molecule has 0 aliphatic carbocycles. The van der Waals surface area contributed by atoms with E-state index in [1.165, 1.54) is 6.33 Å². The van der Waals surface area contributed by atoms with E-state index in [1.807, 2.05) is 18.2 Å². The second-order valence-electron chi connectivity index (χ2n) is 4.18. The van der Waals surface area contributed by atoms with Crippen LogP contribution >= 0.6 is 11.6 Å². The topological polar surface area (TPSA) is 52.0 Å². The minimum Gasteiger partial charge on any atom is -0.383 e. The highest BCUT2D eigenvalue weighted by Crippen LogP contribution is 2.28. The standard InChI is InChI=1S/C13H17ClN4O/c1-3-10(7-19-2)17-12-6-4-5-11(14)13(12)18-9-15-8-16-18/h4-6,8-10,17H,3,7H2,1-2H3. The Hall–Kier alpha value is -1.59. The van der Waals surface area contributed by atoms with E-state index in [0.717, 1.165) is 17.8 Å². The summed E-state index contributed by atoms with van der Waals surface area (Å²) in [6.45, 7) is 2.75. The smallest absolute Gasteiger partial charge is 0.138 e. The Morgan fingerprint density at radius 1 is 1.47 bits per heavy atom. The third-order valence-electron chi connectivity index (χ3n) is 2.85. The number of ether oxygens (including phenoxy) is 1. The highest BCUT2D eigenvalue weighted by atomic mass is 35.5. The summed E-state index contributed by atoms with van der Waals surface area (Å²) in [6.07, 6.45) is 4.07. The molecule has 0 fully saturated rings. The van der Waals surface area contributed by atoms with Gasteiger partial charge in [0.15, 0.2) is 0 Å². The average Bonchev–Trinajstić information content (AvgIpc) is 2.92. The first-order valence-electron chi connectivity index (χ1n) is 6.15. The maximum atomic E-state index is 6.26. The Bertz CT molecular complexity index is 515. The fourth-order valence-corrected chi connectivity index (χ4v) is 2.13. The first-order chi connectivity index (χ1) is 9.26. The summed E-state index contributed by atoms with van der Waals surface area (Å²) in [5.74, 6) is 0. The van der Waals surface area contributed by atoms with Gasteiger partial charge in [0.2, 0.25) is 0 Å². The average molecular weight is 281 g/mol. The summed E-state index contributed by atoms with van der Waals surface area (Å²) < 4.78 is 6.85. The quantitative estimate of drug-likeness (QED) is 0.884. The summed E-state index contributed by atoms with van der Waals surface area (Å²) in [5, 5.41) is 8.19. The van der Waals surface area contributed by atoms with E-state index < -0.39 is 0 Å². The largest absolute Gasteiger partial charge is 0.383 e. The highest BCUT2D eigenvalue weighted by Gasteiger charge is 2.13. The second-order valence-corrected chi connectivity index (χ2v) is 4.59. The van der Waals surface area contributed by atoms with Crippen LogP contribution in [0.15, 0.2) is 30.9 Å². The van der Waals surface area contributed by atoms with Crippen molar-refractivity contribution in [2.24, 2.45) is 0 Å². The molecule has 1 heterocycles. The predicted molar refractivity (Wildman–Crippen MR) is 75.9 cm³/mol. The molecule has 102 valence electrons. The van der Waals surface area contributed by atoms with E-state index in [1.54, 1.807) is 18.1 Å². The predicted octanol–water partition coefficient (Wildman–Crippen LogP) is 2.76. The lowest BCUT2D eigenvalue weighted by atomic mass is 10.2. The molecule has 0 aliphatic heterocycles. The van der Waals surface area contributed by atoms with Gasteiger partial charge >= 0.3 is 0 Å². The Labute approximate surface area is 117 Å². The van der Waals surface area contributed by atoms with Crippen molar-refractivity contribution in [3.8, 4) is 5.69 Å². The summed E-state index contributed by atoms with van der Waals surface area (Å²) in [7, 11) is 1.70. The molecule has 1 unspecified atom stereocenters. The lowest BCUT2D eigenvalue weighted by Gasteiger charge is -2.20. The van der Waals surface area contributed by atoms with E-state index in [-0.39, 0.29) is 6.04 Å². The van der Waals surface area contributed by atoms with Crippen LogP contribution in [0, 0.1) is 0 Å². The van der Waals surface area contributed by atoms with Gasteiger partial charge in [-0.2, -0.15) is 5.10 Å².